The molecule has 7 nitrogen and oxygen atoms in total. The summed E-state index contributed by atoms with van der Waals surface area (Å²) in [5, 5.41) is 3.11. The molecule has 0 atom stereocenters. The Morgan fingerprint density at radius 3 is 2.07 bits per heavy atom. The van der Waals surface area contributed by atoms with Crippen molar-refractivity contribution in [3.63, 3.8) is 0 Å². The Kier molecular flexibility index (Phi) is 9.54. The first-order valence-electron chi connectivity index (χ1n) is 13.7. The Hall–Kier alpha value is -4.25. The number of urea groups is 1. The summed E-state index contributed by atoms with van der Waals surface area (Å²) in [4.78, 5) is 14.6. The zero-order chi connectivity index (χ0) is 31.4. The van der Waals surface area contributed by atoms with Crippen LogP contribution < -0.4 is 9.50 Å². The van der Waals surface area contributed by atoms with E-state index < -0.39 is 26.8 Å². The Bertz CT molecular complexity index is 1620. The number of amides is 2. The van der Waals surface area contributed by atoms with Crippen molar-refractivity contribution >= 4 is 21.8 Å². The van der Waals surface area contributed by atoms with Crippen LogP contribution in [0.3, 0.4) is 0 Å². The second-order valence-electron chi connectivity index (χ2n) is 10.7. The van der Waals surface area contributed by atoms with E-state index in [1.54, 1.807) is 29.2 Å². The lowest BCUT2D eigenvalue weighted by atomic mass is 9.93. The lowest BCUT2D eigenvalue weighted by Crippen LogP contribution is -2.34. The number of benzene rings is 3. The average Bonchev–Trinajstić information content (AvgIpc) is 3.46. The highest BCUT2D eigenvalue weighted by Gasteiger charge is 2.32. The van der Waals surface area contributed by atoms with Crippen LogP contribution in [0.2, 0.25) is 0 Å². The summed E-state index contributed by atoms with van der Waals surface area (Å²) in [5.41, 5.74) is 2.36. The average molecular weight is 615 g/mol. The van der Waals surface area contributed by atoms with Crippen LogP contribution in [0.1, 0.15) is 67.5 Å². The van der Waals surface area contributed by atoms with Crippen LogP contribution in [-0.4, -0.2) is 19.3 Å². The Morgan fingerprint density at radius 2 is 1.51 bits per heavy atom. The SMILES string of the molecule is CC(C)c1cccc(C(C)C)c1NC(=O)N(Cc1ccc(OS(=O)(=O)c2cccc(C(F)(F)F)c2)cc1)Cc1ccco1. The minimum absolute atomic E-state index is 0.0874. The second-order valence-corrected chi connectivity index (χ2v) is 12.2. The fourth-order valence-corrected chi connectivity index (χ4v) is 5.52. The van der Waals surface area contributed by atoms with Crippen molar-refractivity contribution in [2.24, 2.45) is 0 Å². The molecule has 4 aromatic rings. The molecule has 2 amide bonds. The number of carbonyl (C=O) groups excluding carboxylic acids is 1. The van der Waals surface area contributed by atoms with Crippen molar-refractivity contribution in [2.75, 3.05) is 5.32 Å². The summed E-state index contributed by atoms with van der Waals surface area (Å²) in [5.74, 6) is 0.832. The molecule has 0 aliphatic rings. The molecule has 0 saturated carbocycles. The van der Waals surface area contributed by atoms with Gasteiger partial charge in [-0.05, 0) is 71.0 Å². The smallest absolute Gasteiger partial charge is 0.416 e. The number of rotatable bonds is 10. The molecule has 0 unspecified atom stereocenters. The fraction of sp³-hybridized carbons (Fsp3) is 0.281. The Morgan fingerprint density at radius 1 is 0.884 bits per heavy atom. The minimum Gasteiger partial charge on any atom is -0.467 e. The van der Waals surface area contributed by atoms with E-state index in [0.717, 1.165) is 35.0 Å². The zero-order valence-electron chi connectivity index (χ0n) is 24.2. The van der Waals surface area contributed by atoms with Gasteiger partial charge in [0.05, 0.1) is 18.4 Å². The van der Waals surface area contributed by atoms with Gasteiger partial charge in [0.15, 0.2) is 0 Å². The first-order chi connectivity index (χ1) is 20.2. The van der Waals surface area contributed by atoms with Gasteiger partial charge in [0.2, 0.25) is 0 Å². The normalized spacial score (nSPS) is 12.0. The maximum absolute atomic E-state index is 13.7. The summed E-state index contributed by atoms with van der Waals surface area (Å²) >= 11 is 0. The molecule has 4 rings (SSSR count). The monoisotopic (exact) mass is 614 g/mol. The number of halogens is 3. The van der Waals surface area contributed by atoms with E-state index in [4.69, 9.17) is 8.60 Å². The summed E-state index contributed by atoms with van der Waals surface area (Å²) in [6.45, 7) is 8.56. The highest BCUT2D eigenvalue weighted by Crippen LogP contribution is 2.33. The van der Waals surface area contributed by atoms with Gasteiger partial charge < -0.3 is 18.8 Å². The highest BCUT2D eigenvalue weighted by molar-refractivity contribution is 7.87. The molecular weight excluding hydrogens is 581 g/mol. The molecule has 1 N–H and O–H groups in total. The first kappa shape index (κ1) is 31.7. The van der Waals surface area contributed by atoms with Crippen LogP contribution in [0.5, 0.6) is 5.75 Å². The van der Waals surface area contributed by atoms with Gasteiger partial charge in [-0.3, -0.25) is 0 Å². The van der Waals surface area contributed by atoms with E-state index in [1.807, 2.05) is 18.2 Å². The molecular formula is C32H33F3N2O5S. The predicted octanol–water partition coefficient (Wildman–Crippen LogP) is 8.55. The van der Waals surface area contributed by atoms with Crippen molar-refractivity contribution in [1.29, 1.82) is 0 Å². The molecule has 228 valence electrons. The molecule has 0 aliphatic carbocycles. The molecule has 0 bridgehead atoms. The quantitative estimate of drug-likeness (QED) is 0.181. The third-order valence-electron chi connectivity index (χ3n) is 6.77. The lowest BCUT2D eigenvalue weighted by Gasteiger charge is -2.26. The summed E-state index contributed by atoms with van der Waals surface area (Å²) in [6, 6.07) is 18.4. The van der Waals surface area contributed by atoms with Crippen molar-refractivity contribution in [1.82, 2.24) is 4.90 Å². The maximum atomic E-state index is 13.7. The number of carbonyl (C=O) groups is 1. The molecule has 0 saturated heterocycles. The van der Waals surface area contributed by atoms with Gasteiger partial charge in [-0.2, -0.15) is 21.6 Å². The van der Waals surface area contributed by atoms with Crippen molar-refractivity contribution < 1.29 is 35.0 Å². The number of hydrogen-bond acceptors (Lipinski definition) is 5. The number of nitrogens with one attached hydrogen (secondary N) is 1. The molecule has 3 aromatic carbocycles. The largest absolute Gasteiger partial charge is 0.467 e. The van der Waals surface area contributed by atoms with Crippen LogP contribution >= 0.6 is 0 Å². The Balaban J connectivity index is 1.55. The van der Waals surface area contributed by atoms with Crippen LogP contribution in [0.4, 0.5) is 23.7 Å². The first-order valence-corrected chi connectivity index (χ1v) is 15.1. The van der Waals surface area contributed by atoms with Gasteiger partial charge in [-0.1, -0.05) is 64.1 Å². The molecule has 11 heteroatoms. The molecule has 1 heterocycles. The van der Waals surface area contributed by atoms with Gasteiger partial charge in [-0.15, -0.1) is 0 Å². The number of nitrogens with zero attached hydrogens (tertiary/aromatic N) is 1. The van der Waals surface area contributed by atoms with Crippen molar-refractivity contribution in [3.8, 4) is 5.75 Å². The van der Waals surface area contributed by atoms with E-state index in [1.165, 1.54) is 18.4 Å². The van der Waals surface area contributed by atoms with Crippen molar-refractivity contribution in [3.05, 3.63) is 113 Å². The number of hydrogen-bond donors (Lipinski definition) is 1. The maximum Gasteiger partial charge on any atom is 0.416 e. The van der Waals surface area contributed by atoms with E-state index in [-0.39, 0.29) is 36.7 Å². The van der Waals surface area contributed by atoms with Gasteiger partial charge in [-0.25, -0.2) is 4.79 Å². The van der Waals surface area contributed by atoms with Crippen LogP contribution in [0, 0.1) is 0 Å². The van der Waals surface area contributed by atoms with Crippen molar-refractivity contribution in [2.45, 2.75) is 63.7 Å². The number of furan rings is 1. The standard InChI is InChI=1S/C32H33F3N2O5S/c1-21(2)28-11-6-12-29(22(3)4)30(28)36-31(38)37(20-26-9-7-17-41-26)19-23-13-15-25(16-14-23)42-43(39,40)27-10-5-8-24(18-27)32(33,34)35/h5-18,21-22H,19-20H2,1-4H3,(H,36,38). The van der Waals surface area contributed by atoms with Gasteiger partial charge in [0.1, 0.15) is 16.4 Å². The highest BCUT2D eigenvalue weighted by atomic mass is 32.2. The van der Waals surface area contributed by atoms with E-state index in [0.29, 0.717) is 17.4 Å². The molecule has 0 fully saturated rings. The molecule has 1 aromatic heterocycles. The summed E-state index contributed by atoms with van der Waals surface area (Å²) in [7, 11) is -4.52. The van der Waals surface area contributed by atoms with Crippen LogP contribution in [-0.2, 0) is 29.4 Å². The predicted molar refractivity (Wildman–Crippen MR) is 157 cm³/mol. The van der Waals surface area contributed by atoms with Crippen LogP contribution in [0.25, 0.3) is 0 Å². The Labute approximate surface area is 249 Å². The molecule has 43 heavy (non-hydrogen) atoms. The fourth-order valence-electron chi connectivity index (χ4n) is 4.55. The zero-order valence-corrected chi connectivity index (χ0v) is 25.0. The topological polar surface area (TPSA) is 88.9 Å². The molecule has 0 radical (unpaired) electrons. The molecule has 0 aliphatic heterocycles. The minimum atomic E-state index is -4.70. The summed E-state index contributed by atoms with van der Waals surface area (Å²) in [6.07, 6.45) is -3.18. The number of anilines is 1. The second kappa shape index (κ2) is 12.9. The summed E-state index contributed by atoms with van der Waals surface area (Å²) < 4.78 is 75.1. The number of alkyl halides is 3. The third-order valence-corrected chi connectivity index (χ3v) is 8.01. The van der Waals surface area contributed by atoms with Gasteiger partial charge in [0.25, 0.3) is 0 Å². The van der Waals surface area contributed by atoms with E-state index in [2.05, 4.69) is 33.0 Å². The number of para-hydroxylation sites is 1. The lowest BCUT2D eigenvalue weighted by molar-refractivity contribution is -0.137. The molecule has 0 spiro atoms. The van der Waals surface area contributed by atoms with Gasteiger partial charge in [0, 0.05) is 12.2 Å². The van der Waals surface area contributed by atoms with E-state index >= 15 is 0 Å². The van der Waals surface area contributed by atoms with Crippen LogP contribution in [0.15, 0.2) is 94.4 Å². The van der Waals surface area contributed by atoms with Gasteiger partial charge >= 0.3 is 22.3 Å². The third kappa shape index (κ3) is 7.98. The van der Waals surface area contributed by atoms with E-state index in [9.17, 15) is 26.4 Å².